The number of benzene rings is 2. The Morgan fingerprint density at radius 2 is 1.56 bits per heavy atom. The maximum atomic E-state index is 12.7. The summed E-state index contributed by atoms with van der Waals surface area (Å²) >= 11 is 0. The van der Waals surface area contributed by atoms with E-state index in [4.69, 9.17) is 14.2 Å². The average molecular weight is 437 g/mol. The van der Waals surface area contributed by atoms with Crippen molar-refractivity contribution in [1.82, 2.24) is 9.78 Å². The highest BCUT2D eigenvalue weighted by atomic mass is 16.5. The maximum absolute atomic E-state index is 12.7. The Bertz CT molecular complexity index is 1040. The fourth-order valence-electron chi connectivity index (χ4n) is 3.38. The molecule has 0 radical (unpaired) electrons. The molecule has 3 aromatic rings. The van der Waals surface area contributed by atoms with E-state index in [9.17, 15) is 9.59 Å². The highest BCUT2D eigenvalue weighted by Gasteiger charge is 2.31. The zero-order chi connectivity index (χ0) is 22.9. The number of hydrogen-bond donors (Lipinski definition) is 0. The summed E-state index contributed by atoms with van der Waals surface area (Å²) in [6.07, 6.45) is 4.53. The molecule has 1 aromatic heterocycles. The fourth-order valence-corrected chi connectivity index (χ4v) is 3.38. The Kier molecular flexibility index (Phi) is 8.02. The first-order valence-electron chi connectivity index (χ1n) is 10.7. The smallest absolute Gasteiger partial charge is 0.357 e. The molecule has 0 unspecified atom stereocenters. The van der Waals surface area contributed by atoms with Crippen LogP contribution in [-0.2, 0) is 9.47 Å². The van der Waals surface area contributed by atoms with Gasteiger partial charge in [-0.05, 0) is 42.8 Å². The minimum Gasteiger partial charge on any atom is -0.494 e. The number of carbonyl (C=O) groups excluding carboxylic acids is 2. The van der Waals surface area contributed by atoms with Gasteiger partial charge in [-0.1, -0.05) is 44.4 Å². The predicted octanol–water partition coefficient (Wildman–Crippen LogP) is 5.07. The predicted molar refractivity (Wildman–Crippen MR) is 121 cm³/mol. The summed E-state index contributed by atoms with van der Waals surface area (Å²) in [5, 5.41) is 4.59. The van der Waals surface area contributed by atoms with Crippen LogP contribution in [0.1, 0.15) is 53.5 Å². The molecule has 0 atom stereocenters. The third-order valence-electron chi connectivity index (χ3n) is 5.05. The van der Waals surface area contributed by atoms with Crippen LogP contribution in [0.15, 0.2) is 54.6 Å². The summed E-state index contributed by atoms with van der Waals surface area (Å²) < 4.78 is 17.1. The molecule has 0 saturated heterocycles. The van der Waals surface area contributed by atoms with Crippen molar-refractivity contribution >= 4 is 11.9 Å². The van der Waals surface area contributed by atoms with Gasteiger partial charge in [-0.15, -0.1) is 0 Å². The minimum atomic E-state index is -0.681. The Balaban J connectivity index is 1.99. The monoisotopic (exact) mass is 436 g/mol. The van der Waals surface area contributed by atoms with E-state index in [1.165, 1.54) is 31.7 Å². The lowest BCUT2D eigenvalue weighted by Crippen LogP contribution is -2.15. The van der Waals surface area contributed by atoms with E-state index in [1.807, 2.05) is 42.5 Å². The minimum absolute atomic E-state index is 0.0109. The van der Waals surface area contributed by atoms with Crippen molar-refractivity contribution in [2.75, 3.05) is 20.8 Å². The molecule has 7 heteroatoms. The van der Waals surface area contributed by atoms with Crippen molar-refractivity contribution in [3.63, 3.8) is 0 Å². The second-order valence-electron chi connectivity index (χ2n) is 7.24. The second-order valence-corrected chi connectivity index (χ2v) is 7.24. The molecule has 0 aliphatic rings. The highest BCUT2D eigenvalue weighted by Crippen LogP contribution is 2.30. The number of rotatable bonds is 10. The van der Waals surface area contributed by atoms with Gasteiger partial charge in [0.2, 0.25) is 0 Å². The zero-order valence-electron chi connectivity index (χ0n) is 18.7. The van der Waals surface area contributed by atoms with Crippen LogP contribution >= 0.6 is 0 Å². The van der Waals surface area contributed by atoms with Gasteiger partial charge in [-0.25, -0.2) is 14.3 Å². The third-order valence-corrected chi connectivity index (χ3v) is 5.05. The van der Waals surface area contributed by atoms with Gasteiger partial charge in [0.1, 0.15) is 17.0 Å². The standard InChI is InChI=1S/C25H28N2O5/c1-4-5-6-10-17-32-20-15-13-18(14-16-20)22-21(24(28)30-2)23(25(29)31-3)27(26-22)19-11-8-7-9-12-19/h7-9,11-16H,4-6,10,17H2,1-3H3. The lowest BCUT2D eigenvalue weighted by Gasteiger charge is -2.07. The molecule has 0 fully saturated rings. The number of aromatic nitrogens is 2. The van der Waals surface area contributed by atoms with E-state index >= 15 is 0 Å². The summed E-state index contributed by atoms with van der Waals surface area (Å²) in [7, 11) is 2.53. The SMILES string of the molecule is CCCCCCOc1ccc(-c2nn(-c3ccccc3)c(C(=O)OC)c2C(=O)OC)cc1. The lowest BCUT2D eigenvalue weighted by molar-refractivity contribution is 0.0549. The summed E-state index contributed by atoms with van der Waals surface area (Å²) in [6.45, 7) is 2.83. The number of esters is 2. The van der Waals surface area contributed by atoms with E-state index in [0.29, 0.717) is 23.6 Å². The Morgan fingerprint density at radius 1 is 0.875 bits per heavy atom. The Hall–Kier alpha value is -3.61. The first kappa shape index (κ1) is 23.1. The van der Waals surface area contributed by atoms with Crippen LogP contribution in [0.2, 0.25) is 0 Å². The zero-order valence-corrected chi connectivity index (χ0v) is 18.7. The number of ether oxygens (including phenoxy) is 3. The van der Waals surface area contributed by atoms with Crippen LogP contribution in [0.3, 0.4) is 0 Å². The molecular weight excluding hydrogens is 408 g/mol. The second kappa shape index (κ2) is 11.1. The summed E-state index contributed by atoms with van der Waals surface area (Å²) in [6, 6.07) is 16.4. The molecule has 168 valence electrons. The first-order chi connectivity index (χ1) is 15.6. The Morgan fingerprint density at radius 3 is 2.19 bits per heavy atom. The molecule has 0 spiro atoms. The summed E-state index contributed by atoms with van der Waals surface area (Å²) in [4.78, 5) is 25.3. The molecule has 0 aliphatic heterocycles. The van der Waals surface area contributed by atoms with Gasteiger partial charge in [0.25, 0.3) is 0 Å². The van der Waals surface area contributed by atoms with Crippen molar-refractivity contribution in [1.29, 1.82) is 0 Å². The molecule has 0 amide bonds. The van der Waals surface area contributed by atoms with Crippen molar-refractivity contribution in [2.24, 2.45) is 0 Å². The van der Waals surface area contributed by atoms with Crippen molar-refractivity contribution in [2.45, 2.75) is 32.6 Å². The number of hydrogen-bond acceptors (Lipinski definition) is 6. The topological polar surface area (TPSA) is 79.7 Å². The average Bonchev–Trinajstić information content (AvgIpc) is 3.24. The van der Waals surface area contributed by atoms with Gasteiger partial charge in [-0.3, -0.25) is 0 Å². The molecule has 0 saturated carbocycles. The number of unbranched alkanes of at least 4 members (excludes halogenated alkanes) is 3. The van der Waals surface area contributed by atoms with Gasteiger partial charge in [0.05, 0.1) is 26.5 Å². The van der Waals surface area contributed by atoms with Gasteiger partial charge in [0, 0.05) is 5.56 Å². The summed E-state index contributed by atoms with van der Waals surface area (Å²) in [5.74, 6) is -0.612. The number of carbonyl (C=O) groups is 2. The first-order valence-corrected chi connectivity index (χ1v) is 10.7. The normalized spacial score (nSPS) is 10.6. The van der Waals surface area contributed by atoms with E-state index in [-0.39, 0.29) is 11.3 Å². The molecule has 0 bridgehead atoms. The van der Waals surface area contributed by atoms with E-state index in [1.54, 1.807) is 12.1 Å². The lowest BCUT2D eigenvalue weighted by atomic mass is 10.1. The Labute approximate surface area is 187 Å². The van der Waals surface area contributed by atoms with Gasteiger partial charge < -0.3 is 14.2 Å². The van der Waals surface area contributed by atoms with Crippen molar-refractivity contribution in [3.8, 4) is 22.7 Å². The van der Waals surface area contributed by atoms with Crippen LogP contribution in [0.5, 0.6) is 5.75 Å². The molecule has 1 heterocycles. The van der Waals surface area contributed by atoms with Gasteiger partial charge in [-0.2, -0.15) is 5.10 Å². The molecule has 0 aliphatic carbocycles. The van der Waals surface area contributed by atoms with Crippen molar-refractivity contribution in [3.05, 3.63) is 65.9 Å². The molecule has 3 rings (SSSR count). The molecule has 7 nitrogen and oxygen atoms in total. The van der Waals surface area contributed by atoms with Crippen molar-refractivity contribution < 1.29 is 23.8 Å². The van der Waals surface area contributed by atoms with Crippen LogP contribution in [-0.4, -0.2) is 42.5 Å². The molecule has 32 heavy (non-hydrogen) atoms. The molecule has 0 N–H and O–H groups in total. The highest BCUT2D eigenvalue weighted by molar-refractivity contribution is 6.06. The van der Waals surface area contributed by atoms with E-state index in [2.05, 4.69) is 12.0 Å². The van der Waals surface area contributed by atoms with E-state index < -0.39 is 11.9 Å². The number of methoxy groups -OCH3 is 2. The fraction of sp³-hybridized carbons (Fsp3) is 0.320. The molecule has 2 aromatic carbocycles. The van der Waals surface area contributed by atoms with Gasteiger partial charge in [0.15, 0.2) is 5.69 Å². The van der Waals surface area contributed by atoms with E-state index in [0.717, 1.165) is 18.6 Å². The van der Waals surface area contributed by atoms with Crippen LogP contribution in [0, 0.1) is 0 Å². The summed E-state index contributed by atoms with van der Waals surface area (Å²) in [5.41, 5.74) is 1.67. The number of nitrogens with zero attached hydrogens (tertiary/aromatic N) is 2. The number of para-hydroxylation sites is 1. The maximum Gasteiger partial charge on any atom is 0.357 e. The third kappa shape index (κ3) is 5.17. The van der Waals surface area contributed by atoms with Gasteiger partial charge >= 0.3 is 11.9 Å². The molecular formula is C25H28N2O5. The van der Waals surface area contributed by atoms with Crippen LogP contribution in [0.25, 0.3) is 16.9 Å². The quantitative estimate of drug-likeness (QED) is 0.326. The van der Waals surface area contributed by atoms with Crippen LogP contribution < -0.4 is 4.74 Å². The van der Waals surface area contributed by atoms with Crippen LogP contribution in [0.4, 0.5) is 0 Å². The largest absolute Gasteiger partial charge is 0.494 e.